The van der Waals surface area contributed by atoms with Gasteiger partial charge in [0.2, 0.25) is 0 Å². The number of hydrogen-bond acceptors (Lipinski definition) is 3. The van der Waals surface area contributed by atoms with E-state index in [0.717, 1.165) is 29.6 Å². The third-order valence-electron chi connectivity index (χ3n) is 4.34. The molecule has 19 heavy (non-hydrogen) atoms. The van der Waals surface area contributed by atoms with Crippen molar-refractivity contribution in [2.24, 2.45) is 5.92 Å². The fourth-order valence-corrected chi connectivity index (χ4v) is 4.34. The molecule has 1 aliphatic carbocycles. The second-order valence-electron chi connectivity index (χ2n) is 5.58. The van der Waals surface area contributed by atoms with Gasteiger partial charge in [0.15, 0.2) is 0 Å². The lowest BCUT2D eigenvalue weighted by molar-refractivity contribution is -0.0749. The second-order valence-corrected chi connectivity index (χ2v) is 7.33. The van der Waals surface area contributed by atoms with Crippen LogP contribution in [0.4, 0.5) is 0 Å². The first-order chi connectivity index (χ1) is 9.11. The summed E-state index contributed by atoms with van der Waals surface area (Å²) in [5.41, 5.74) is -0.0727. The lowest BCUT2D eigenvalue weighted by Crippen LogP contribution is -2.47. The maximum atomic E-state index is 6.11. The monoisotopic (exact) mass is 301 g/mol. The molecular formula is C15H24ClNOS. The van der Waals surface area contributed by atoms with Crippen molar-refractivity contribution in [2.45, 2.75) is 51.2 Å². The van der Waals surface area contributed by atoms with Gasteiger partial charge in [0.25, 0.3) is 0 Å². The first-order valence-electron chi connectivity index (χ1n) is 7.15. The van der Waals surface area contributed by atoms with Crippen LogP contribution in [-0.2, 0) is 4.74 Å². The molecule has 1 heterocycles. The van der Waals surface area contributed by atoms with Gasteiger partial charge >= 0.3 is 0 Å². The van der Waals surface area contributed by atoms with E-state index in [-0.39, 0.29) is 11.6 Å². The van der Waals surface area contributed by atoms with Crippen molar-refractivity contribution in [3.63, 3.8) is 0 Å². The maximum absolute atomic E-state index is 6.11. The minimum atomic E-state index is -0.0727. The van der Waals surface area contributed by atoms with Crippen LogP contribution < -0.4 is 5.32 Å². The van der Waals surface area contributed by atoms with Crippen LogP contribution in [0.5, 0.6) is 0 Å². The molecule has 1 aliphatic rings. The normalized spacial score (nSPS) is 29.4. The van der Waals surface area contributed by atoms with Crippen LogP contribution in [0, 0.1) is 5.92 Å². The molecule has 1 saturated carbocycles. The molecule has 2 nitrogen and oxygen atoms in total. The van der Waals surface area contributed by atoms with E-state index in [2.05, 4.69) is 25.2 Å². The number of likely N-dealkylation sites (N-methyl/N-ethyl adjacent to an activating group) is 1. The Morgan fingerprint density at radius 2 is 2.16 bits per heavy atom. The zero-order valence-corrected chi connectivity index (χ0v) is 13.6. The van der Waals surface area contributed by atoms with E-state index >= 15 is 0 Å². The number of ether oxygens (including phenoxy) is 1. The Balaban J connectivity index is 2.25. The summed E-state index contributed by atoms with van der Waals surface area (Å²) in [5.74, 6) is 0.817. The highest BCUT2D eigenvalue weighted by atomic mass is 35.5. The Bertz CT molecular complexity index is 399. The summed E-state index contributed by atoms with van der Waals surface area (Å²) in [6.45, 7) is 5.43. The van der Waals surface area contributed by atoms with Crippen LogP contribution in [0.15, 0.2) is 12.1 Å². The van der Waals surface area contributed by atoms with Crippen LogP contribution >= 0.6 is 22.9 Å². The van der Waals surface area contributed by atoms with Gasteiger partial charge in [0.1, 0.15) is 0 Å². The van der Waals surface area contributed by atoms with Gasteiger partial charge in [-0.2, -0.15) is 0 Å². The molecule has 0 aliphatic heterocycles. The van der Waals surface area contributed by atoms with E-state index in [9.17, 15) is 0 Å². The number of hydrogen-bond donors (Lipinski definition) is 1. The van der Waals surface area contributed by atoms with E-state index in [1.165, 1.54) is 17.7 Å². The first-order valence-corrected chi connectivity index (χ1v) is 8.34. The smallest absolute Gasteiger partial charge is 0.0931 e. The van der Waals surface area contributed by atoms with Crippen molar-refractivity contribution >= 4 is 22.9 Å². The number of rotatable bonds is 5. The molecule has 1 aromatic heterocycles. The van der Waals surface area contributed by atoms with Gasteiger partial charge < -0.3 is 10.1 Å². The molecule has 1 aromatic rings. The fourth-order valence-electron chi connectivity index (χ4n) is 3.09. The molecule has 108 valence electrons. The van der Waals surface area contributed by atoms with Crippen molar-refractivity contribution in [3.8, 4) is 0 Å². The summed E-state index contributed by atoms with van der Waals surface area (Å²) in [6, 6.07) is 4.38. The van der Waals surface area contributed by atoms with E-state index in [1.807, 2.05) is 13.2 Å². The molecule has 1 atom stereocenters. The van der Waals surface area contributed by atoms with Gasteiger partial charge in [-0.1, -0.05) is 25.4 Å². The molecule has 0 aromatic carbocycles. The summed E-state index contributed by atoms with van der Waals surface area (Å²) < 4.78 is 6.86. The standard InChI is InChI=1S/C15H24ClNOS/c1-4-17-14(12-5-6-13(16)19-12)15(18-3)9-7-11(2)8-10-15/h5-6,11,14,17H,4,7-10H2,1-3H3. The summed E-state index contributed by atoms with van der Waals surface area (Å²) in [7, 11) is 1.86. The zero-order valence-electron chi connectivity index (χ0n) is 12.0. The van der Waals surface area contributed by atoms with Gasteiger partial charge in [-0.3, -0.25) is 0 Å². The minimum Gasteiger partial charge on any atom is -0.376 e. The Labute approximate surface area is 125 Å². The Kier molecular flexibility index (Phi) is 5.29. The quantitative estimate of drug-likeness (QED) is 0.855. The van der Waals surface area contributed by atoms with Crippen molar-refractivity contribution in [3.05, 3.63) is 21.3 Å². The van der Waals surface area contributed by atoms with Crippen molar-refractivity contribution in [1.29, 1.82) is 0 Å². The van der Waals surface area contributed by atoms with Gasteiger partial charge in [-0.25, -0.2) is 0 Å². The lowest BCUT2D eigenvalue weighted by atomic mass is 9.75. The molecule has 0 spiro atoms. The maximum Gasteiger partial charge on any atom is 0.0931 e. The fraction of sp³-hybridized carbons (Fsp3) is 0.733. The van der Waals surface area contributed by atoms with Gasteiger partial charge in [0, 0.05) is 12.0 Å². The number of nitrogens with one attached hydrogen (secondary N) is 1. The summed E-state index contributed by atoms with van der Waals surface area (Å²) >= 11 is 7.77. The predicted molar refractivity (Wildman–Crippen MR) is 83.1 cm³/mol. The average Bonchev–Trinajstić information content (AvgIpc) is 2.84. The topological polar surface area (TPSA) is 21.3 Å². The summed E-state index contributed by atoms with van der Waals surface area (Å²) in [6.07, 6.45) is 4.74. The van der Waals surface area contributed by atoms with Gasteiger partial charge in [0.05, 0.1) is 16.0 Å². The highest BCUT2D eigenvalue weighted by molar-refractivity contribution is 7.16. The Hall–Kier alpha value is -0.0900. The molecule has 0 bridgehead atoms. The zero-order chi connectivity index (χ0) is 13.9. The molecule has 4 heteroatoms. The predicted octanol–water partition coefficient (Wildman–Crippen LogP) is 4.65. The van der Waals surface area contributed by atoms with Crippen molar-refractivity contribution in [2.75, 3.05) is 13.7 Å². The highest BCUT2D eigenvalue weighted by Crippen LogP contribution is 2.44. The van der Waals surface area contributed by atoms with Crippen LogP contribution in [0.25, 0.3) is 0 Å². The average molecular weight is 302 g/mol. The SMILES string of the molecule is CCNC(c1ccc(Cl)s1)C1(OC)CCC(C)CC1. The Morgan fingerprint density at radius 3 is 2.63 bits per heavy atom. The molecule has 0 radical (unpaired) electrons. The molecule has 0 saturated heterocycles. The summed E-state index contributed by atoms with van der Waals surface area (Å²) in [4.78, 5) is 1.29. The Morgan fingerprint density at radius 1 is 1.47 bits per heavy atom. The second kappa shape index (κ2) is 6.57. The molecule has 1 unspecified atom stereocenters. The highest BCUT2D eigenvalue weighted by Gasteiger charge is 2.42. The molecular weight excluding hydrogens is 278 g/mol. The van der Waals surface area contributed by atoms with Crippen LogP contribution in [0.2, 0.25) is 4.34 Å². The molecule has 2 rings (SSSR count). The number of thiophene rings is 1. The van der Waals surface area contributed by atoms with Crippen molar-refractivity contribution in [1.82, 2.24) is 5.32 Å². The molecule has 1 N–H and O–H groups in total. The van der Waals surface area contributed by atoms with E-state index < -0.39 is 0 Å². The van der Waals surface area contributed by atoms with Crippen LogP contribution in [0.3, 0.4) is 0 Å². The van der Waals surface area contributed by atoms with Crippen molar-refractivity contribution < 1.29 is 4.74 Å². The largest absolute Gasteiger partial charge is 0.376 e. The molecule has 0 amide bonds. The van der Waals surface area contributed by atoms with E-state index in [4.69, 9.17) is 16.3 Å². The third-order valence-corrected chi connectivity index (χ3v) is 5.64. The number of halogens is 1. The van der Waals surface area contributed by atoms with Crippen LogP contribution in [0.1, 0.15) is 50.4 Å². The van der Waals surface area contributed by atoms with Gasteiger partial charge in [-0.05, 0) is 50.3 Å². The van der Waals surface area contributed by atoms with Gasteiger partial charge in [-0.15, -0.1) is 11.3 Å². The third kappa shape index (κ3) is 3.33. The van der Waals surface area contributed by atoms with Crippen LogP contribution in [-0.4, -0.2) is 19.3 Å². The van der Waals surface area contributed by atoms with E-state index in [1.54, 1.807) is 11.3 Å². The molecule has 1 fully saturated rings. The lowest BCUT2D eigenvalue weighted by Gasteiger charge is -2.44. The summed E-state index contributed by atoms with van der Waals surface area (Å²) in [5, 5.41) is 3.62. The van der Waals surface area contributed by atoms with E-state index in [0.29, 0.717) is 0 Å². The minimum absolute atomic E-state index is 0.0727. The first kappa shape index (κ1) is 15.3. The number of methoxy groups -OCH3 is 1.